The highest BCUT2D eigenvalue weighted by Gasteiger charge is 2.17. The standard InChI is InChI=1S/C14H13N3O2S/c1-17(12-7-5-11(10-15)6-8-12)14-13(20(2,18)19)4-3-9-16-14/h3-9H,1-2H3. The molecule has 102 valence electrons. The number of hydrogen-bond donors (Lipinski definition) is 0. The maximum Gasteiger partial charge on any atom is 0.179 e. The zero-order valence-electron chi connectivity index (χ0n) is 11.1. The van der Waals surface area contributed by atoms with Gasteiger partial charge in [0.25, 0.3) is 0 Å². The van der Waals surface area contributed by atoms with Crippen molar-refractivity contribution in [3.8, 4) is 6.07 Å². The molecule has 0 N–H and O–H groups in total. The van der Waals surface area contributed by atoms with Crippen molar-refractivity contribution in [3.05, 3.63) is 48.2 Å². The van der Waals surface area contributed by atoms with Gasteiger partial charge in [-0.1, -0.05) is 0 Å². The van der Waals surface area contributed by atoms with E-state index in [1.807, 2.05) is 6.07 Å². The van der Waals surface area contributed by atoms with E-state index in [0.29, 0.717) is 11.4 Å². The maximum absolute atomic E-state index is 11.8. The van der Waals surface area contributed by atoms with Crippen molar-refractivity contribution in [1.29, 1.82) is 5.26 Å². The van der Waals surface area contributed by atoms with Crippen LogP contribution in [-0.2, 0) is 9.84 Å². The van der Waals surface area contributed by atoms with Crippen molar-refractivity contribution in [2.24, 2.45) is 0 Å². The number of nitriles is 1. The second kappa shape index (κ2) is 5.31. The Morgan fingerprint density at radius 3 is 2.40 bits per heavy atom. The summed E-state index contributed by atoms with van der Waals surface area (Å²) in [7, 11) is -1.62. The first kappa shape index (κ1) is 14.0. The van der Waals surface area contributed by atoms with E-state index in [1.54, 1.807) is 48.5 Å². The van der Waals surface area contributed by atoms with Gasteiger partial charge in [0.15, 0.2) is 15.7 Å². The fraction of sp³-hybridized carbons (Fsp3) is 0.143. The molecule has 0 atom stereocenters. The fourth-order valence-electron chi connectivity index (χ4n) is 1.81. The molecule has 0 bridgehead atoms. The minimum Gasteiger partial charge on any atom is -0.328 e. The zero-order chi connectivity index (χ0) is 14.8. The number of nitrogens with zero attached hydrogens (tertiary/aromatic N) is 3. The Morgan fingerprint density at radius 1 is 1.20 bits per heavy atom. The monoisotopic (exact) mass is 287 g/mol. The zero-order valence-corrected chi connectivity index (χ0v) is 11.9. The molecule has 1 aromatic heterocycles. The molecular formula is C14H13N3O2S. The Morgan fingerprint density at radius 2 is 1.85 bits per heavy atom. The van der Waals surface area contributed by atoms with Crippen molar-refractivity contribution in [2.75, 3.05) is 18.2 Å². The lowest BCUT2D eigenvalue weighted by Crippen LogP contribution is -2.15. The van der Waals surface area contributed by atoms with Gasteiger partial charge in [-0.05, 0) is 36.4 Å². The first-order valence-electron chi connectivity index (χ1n) is 5.82. The highest BCUT2D eigenvalue weighted by Crippen LogP contribution is 2.27. The predicted molar refractivity (Wildman–Crippen MR) is 76.6 cm³/mol. The number of hydrogen-bond acceptors (Lipinski definition) is 5. The molecule has 2 rings (SSSR count). The SMILES string of the molecule is CN(c1ccc(C#N)cc1)c1ncccc1S(C)(=O)=O. The molecule has 0 spiro atoms. The number of benzene rings is 1. The van der Waals surface area contributed by atoms with Crippen LogP contribution in [0.15, 0.2) is 47.5 Å². The topological polar surface area (TPSA) is 74.1 Å². The Bertz CT molecular complexity index is 762. The first-order valence-corrected chi connectivity index (χ1v) is 7.71. The highest BCUT2D eigenvalue weighted by molar-refractivity contribution is 7.90. The molecule has 0 amide bonds. The summed E-state index contributed by atoms with van der Waals surface area (Å²) in [5, 5.41) is 8.78. The smallest absolute Gasteiger partial charge is 0.179 e. The third-order valence-corrected chi connectivity index (χ3v) is 3.97. The summed E-state index contributed by atoms with van der Waals surface area (Å²) in [6, 6.07) is 12.0. The normalized spacial score (nSPS) is 10.8. The summed E-state index contributed by atoms with van der Waals surface area (Å²) < 4.78 is 23.6. The number of pyridine rings is 1. The van der Waals surface area contributed by atoms with Crippen LogP contribution in [0.1, 0.15) is 5.56 Å². The molecule has 2 aromatic rings. The van der Waals surface area contributed by atoms with E-state index >= 15 is 0 Å². The van der Waals surface area contributed by atoms with Crippen LogP contribution in [0, 0.1) is 11.3 Å². The maximum atomic E-state index is 11.8. The van der Waals surface area contributed by atoms with E-state index < -0.39 is 9.84 Å². The Balaban J connectivity index is 2.48. The summed E-state index contributed by atoms with van der Waals surface area (Å²) in [5.41, 5.74) is 1.30. The minimum absolute atomic E-state index is 0.173. The fourth-order valence-corrected chi connectivity index (χ4v) is 2.65. The van der Waals surface area contributed by atoms with E-state index in [4.69, 9.17) is 5.26 Å². The predicted octanol–water partition coefficient (Wildman–Crippen LogP) is 2.12. The number of sulfone groups is 1. The molecule has 0 unspecified atom stereocenters. The van der Waals surface area contributed by atoms with E-state index in [1.165, 1.54) is 6.07 Å². The molecule has 6 heteroatoms. The molecule has 20 heavy (non-hydrogen) atoms. The Kier molecular flexibility index (Phi) is 3.72. The first-order chi connectivity index (χ1) is 9.43. The van der Waals surface area contributed by atoms with Crippen LogP contribution in [0.4, 0.5) is 11.5 Å². The Labute approximate surface area is 118 Å². The van der Waals surface area contributed by atoms with Crippen molar-refractivity contribution in [3.63, 3.8) is 0 Å². The van der Waals surface area contributed by atoms with Crippen LogP contribution in [0.2, 0.25) is 0 Å². The van der Waals surface area contributed by atoms with Gasteiger partial charge in [-0.15, -0.1) is 0 Å². The van der Waals surface area contributed by atoms with Gasteiger partial charge in [-0.3, -0.25) is 0 Å². The second-order valence-corrected chi connectivity index (χ2v) is 6.30. The van der Waals surface area contributed by atoms with Crippen LogP contribution in [-0.4, -0.2) is 26.7 Å². The van der Waals surface area contributed by atoms with Gasteiger partial charge in [0.2, 0.25) is 0 Å². The van der Waals surface area contributed by atoms with Gasteiger partial charge < -0.3 is 4.90 Å². The molecule has 0 aliphatic carbocycles. The highest BCUT2D eigenvalue weighted by atomic mass is 32.2. The van der Waals surface area contributed by atoms with E-state index in [0.717, 1.165) is 11.9 Å². The summed E-state index contributed by atoms with van der Waals surface area (Å²) >= 11 is 0. The molecular weight excluding hydrogens is 274 g/mol. The van der Waals surface area contributed by atoms with Crippen molar-refractivity contribution in [1.82, 2.24) is 4.98 Å². The average molecular weight is 287 g/mol. The second-order valence-electron chi connectivity index (χ2n) is 4.32. The average Bonchev–Trinajstić information content (AvgIpc) is 2.46. The molecule has 0 fully saturated rings. The van der Waals surface area contributed by atoms with Crippen molar-refractivity contribution >= 4 is 21.3 Å². The molecule has 0 radical (unpaired) electrons. The molecule has 1 aromatic carbocycles. The van der Waals surface area contributed by atoms with Crippen LogP contribution in [0.5, 0.6) is 0 Å². The van der Waals surface area contributed by atoms with Crippen molar-refractivity contribution in [2.45, 2.75) is 4.90 Å². The quantitative estimate of drug-likeness (QED) is 0.864. The molecule has 0 aliphatic rings. The van der Waals surface area contributed by atoms with Crippen LogP contribution in [0.3, 0.4) is 0 Å². The molecule has 5 nitrogen and oxygen atoms in total. The van der Waals surface area contributed by atoms with Crippen LogP contribution >= 0.6 is 0 Å². The van der Waals surface area contributed by atoms with Gasteiger partial charge in [-0.25, -0.2) is 13.4 Å². The van der Waals surface area contributed by atoms with Crippen LogP contribution < -0.4 is 4.90 Å². The van der Waals surface area contributed by atoms with Gasteiger partial charge >= 0.3 is 0 Å². The number of anilines is 2. The molecule has 1 heterocycles. The molecule has 0 saturated heterocycles. The third-order valence-electron chi connectivity index (χ3n) is 2.85. The van der Waals surface area contributed by atoms with Crippen LogP contribution in [0.25, 0.3) is 0 Å². The van der Waals surface area contributed by atoms with Gasteiger partial charge in [0.1, 0.15) is 4.90 Å². The Hall–Kier alpha value is -2.39. The van der Waals surface area contributed by atoms with E-state index in [2.05, 4.69) is 4.98 Å². The number of aromatic nitrogens is 1. The largest absolute Gasteiger partial charge is 0.328 e. The summed E-state index contributed by atoms with van der Waals surface area (Å²) in [6.45, 7) is 0. The lowest BCUT2D eigenvalue weighted by atomic mass is 10.2. The summed E-state index contributed by atoms with van der Waals surface area (Å²) in [5.74, 6) is 0.361. The van der Waals surface area contributed by atoms with Gasteiger partial charge in [-0.2, -0.15) is 5.26 Å². The lowest BCUT2D eigenvalue weighted by molar-refractivity contribution is 0.601. The van der Waals surface area contributed by atoms with E-state index in [9.17, 15) is 8.42 Å². The lowest BCUT2D eigenvalue weighted by Gasteiger charge is -2.20. The minimum atomic E-state index is -3.36. The number of rotatable bonds is 3. The third kappa shape index (κ3) is 2.78. The van der Waals surface area contributed by atoms with Gasteiger partial charge in [0, 0.05) is 25.2 Å². The molecule has 0 aliphatic heterocycles. The summed E-state index contributed by atoms with van der Waals surface area (Å²) in [4.78, 5) is 6.00. The van der Waals surface area contributed by atoms with Gasteiger partial charge in [0.05, 0.1) is 11.6 Å². The van der Waals surface area contributed by atoms with E-state index in [-0.39, 0.29) is 4.90 Å². The summed E-state index contributed by atoms with van der Waals surface area (Å²) in [6.07, 6.45) is 2.70. The van der Waals surface area contributed by atoms with Crippen molar-refractivity contribution < 1.29 is 8.42 Å². The molecule has 0 saturated carbocycles.